The number of hydrogen-bond donors (Lipinski definition) is 6. The Morgan fingerprint density at radius 1 is 1.17 bits per heavy atom. The zero-order chi connectivity index (χ0) is 30.1. The van der Waals surface area contributed by atoms with Crippen LogP contribution in [0.25, 0.3) is 5.76 Å². The monoisotopic (exact) mass is 582 g/mol. The van der Waals surface area contributed by atoms with Crippen LogP contribution >= 0.6 is 11.3 Å². The molecule has 1 fully saturated rings. The Labute approximate surface area is 241 Å². The normalized spacial score (nSPS) is 25.7. The number of aliphatic hydroxyl groups excluding tert-OH is 2. The maximum absolute atomic E-state index is 14.1. The first-order valence-corrected chi connectivity index (χ1v) is 14.0. The Balaban J connectivity index is 1.67. The molecule has 0 bridgehead atoms. The number of phenols is 1. The molecule has 3 aliphatic rings. The molecule has 1 heterocycles. The first-order chi connectivity index (χ1) is 19.2. The number of ketones is 2. The number of nitrogens with two attached hydrogens (primary N) is 1. The third-order valence-corrected chi connectivity index (χ3v) is 9.43. The number of Topliss-reactive ketones (excluding diaryl/α,β-unsaturated/α-hetero) is 2. The summed E-state index contributed by atoms with van der Waals surface area (Å²) in [7, 11) is 6.80. The molecule has 0 aliphatic heterocycles. The van der Waals surface area contributed by atoms with Gasteiger partial charge in [-0.3, -0.25) is 19.3 Å². The lowest BCUT2D eigenvalue weighted by Gasteiger charge is -2.50. The Morgan fingerprint density at radius 2 is 1.85 bits per heavy atom. The molecular weight excluding hydrogens is 548 g/mol. The number of primary amides is 1. The quantitative estimate of drug-likeness (QED) is 0.218. The van der Waals surface area contributed by atoms with Crippen LogP contribution in [-0.4, -0.2) is 82.6 Å². The van der Waals surface area contributed by atoms with Crippen molar-refractivity contribution in [3.63, 3.8) is 0 Å². The molecule has 0 saturated heterocycles. The summed E-state index contributed by atoms with van der Waals surface area (Å²) >= 11 is 1.61. The average Bonchev–Trinajstić information content (AvgIpc) is 3.30. The summed E-state index contributed by atoms with van der Waals surface area (Å²) in [5.74, 6) is -6.71. The zero-order valence-corrected chi connectivity index (χ0v) is 24.3. The molecular formula is C29H34N4O7S. The predicted octanol–water partition coefficient (Wildman–Crippen LogP) is 2.01. The van der Waals surface area contributed by atoms with E-state index in [0.717, 1.165) is 9.75 Å². The van der Waals surface area contributed by atoms with Crippen molar-refractivity contribution in [2.75, 3.05) is 38.4 Å². The summed E-state index contributed by atoms with van der Waals surface area (Å²) in [4.78, 5) is 45.0. The fraction of sp³-hybridized carbons (Fsp3) is 0.414. The van der Waals surface area contributed by atoms with Crippen LogP contribution in [0.4, 0.5) is 11.4 Å². The summed E-state index contributed by atoms with van der Waals surface area (Å²) in [6.45, 7) is 2.42. The highest BCUT2D eigenvalue weighted by molar-refractivity contribution is 7.11. The molecule has 3 aliphatic carbocycles. The molecule has 1 saturated carbocycles. The van der Waals surface area contributed by atoms with Crippen molar-refractivity contribution in [2.24, 2.45) is 17.6 Å². The minimum atomic E-state index is -2.67. The number of carbonyl (C=O) groups excluding carboxylic acids is 3. The molecule has 1 aromatic carbocycles. The zero-order valence-electron chi connectivity index (χ0n) is 23.5. The summed E-state index contributed by atoms with van der Waals surface area (Å²) in [5, 5.41) is 49.0. The second-order valence-corrected chi connectivity index (χ2v) is 12.7. The van der Waals surface area contributed by atoms with Crippen LogP contribution in [-0.2, 0) is 27.3 Å². The van der Waals surface area contributed by atoms with Crippen molar-refractivity contribution in [3.8, 4) is 5.75 Å². The standard InChI is InChI=1S/C29H34N4O7S/c1-12-6-7-14(41-12)11-31-17-10-18(32(2)3)15-8-13-9-16-22(33(4)5)25(36)21(28(30)39)27(38)29(16,40)26(37)19(13)24(35)20(15)23(17)34/h6-7,10,13,16,22,31,34-35,38,40H,8-9,11H2,1-5H3,(H2,30,39). The van der Waals surface area contributed by atoms with E-state index in [9.17, 15) is 34.8 Å². The second kappa shape index (κ2) is 9.89. The molecule has 0 radical (unpaired) electrons. The summed E-state index contributed by atoms with van der Waals surface area (Å²) < 4.78 is 0. The summed E-state index contributed by atoms with van der Waals surface area (Å²) in [6.07, 6.45) is 0.261. The van der Waals surface area contributed by atoms with E-state index < -0.39 is 58.0 Å². The van der Waals surface area contributed by atoms with Crippen LogP contribution in [0.3, 0.4) is 0 Å². The lowest BCUT2D eigenvalue weighted by Crippen LogP contribution is -2.65. The van der Waals surface area contributed by atoms with Gasteiger partial charge in [-0.25, -0.2) is 0 Å². The molecule has 1 amide bonds. The van der Waals surface area contributed by atoms with Crippen LogP contribution in [0.15, 0.2) is 35.1 Å². The van der Waals surface area contributed by atoms with E-state index in [1.165, 1.54) is 4.90 Å². The largest absolute Gasteiger partial charge is 0.508 e. The lowest BCUT2D eigenvalue weighted by molar-refractivity contribution is -0.153. The van der Waals surface area contributed by atoms with Gasteiger partial charge in [-0.05, 0) is 63.5 Å². The van der Waals surface area contributed by atoms with Crippen LogP contribution in [0.5, 0.6) is 5.75 Å². The lowest BCUT2D eigenvalue weighted by atomic mass is 9.57. The van der Waals surface area contributed by atoms with E-state index >= 15 is 0 Å². The minimum Gasteiger partial charge on any atom is -0.508 e. The molecule has 0 spiro atoms. The molecule has 1 aromatic heterocycles. The number of phenolic OH excluding ortho intramolecular Hbond substituents is 1. The van der Waals surface area contributed by atoms with Gasteiger partial charge < -0.3 is 36.4 Å². The van der Waals surface area contributed by atoms with Gasteiger partial charge in [0.15, 0.2) is 11.4 Å². The number of rotatable bonds is 6. The molecule has 218 valence electrons. The number of benzene rings is 1. The second-order valence-electron chi connectivity index (χ2n) is 11.4. The van der Waals surface area contributed by atoms with Gasteiger partial charge in [0.25, 0.3) is 5.91 Å². The number of aromatic hydroxyl groups is 1. The fourth-order valence-corrected chi connectivity index (χ4v) is 7.42. The molecule has 5 rings (SSSR count). The molecule has 12 heteroatoms. The fourth-order valence-electron chi connectivity index (χ4n) is 6.59. The number of nitrogens with zero attached hydrogens (tertiary/aromatic N) is 2. The SMILES string of the molecule is Cc1ccc(CNc2cc(N(C)C)c3c(c2O)C(O)=C2C(=O)C4(O)C(O)=C(C(N)=O)C(=O)C(N(C)C)C4CC2C3)s1. The number of hydrogen-bond acceptors (Lipinski definition) is 11. The van der Waals surface area contributed by atoms with Gasteiger partial charge in [0.05, 0.1) is 17.3 Å². The van der Waals surface area contributed by atoms with Crippen molar-refractivity contribution in [3.05, 3.63) is 56.0 Å². The number of nitrogens with one attached hydrogen (secondary N) is 1. The van der Waals surface area contributed by atoms with E-state index in [-0.39, 0.29) is 29.7 Å². The summed E-state index contributed by atoms with van der Waals surface area (Å²) in [5.41, 5.74) is 3.43. The Morgan fingerprint density at radius 3 is 2.41 bits per heavy atom. The highest BCUT2D eigenvalue weighted by Crippen LogP contribution is 2.54. The van der Waals surface area contributed by atoms with E-state index in [0.29, 0.717) is 23.5 Å². The first kappa shape index (κ1) is 28.7. The van der Waals surface area contributed by atoms with Crippen molar-refractivity contribution in [1.29, 1.82) is 0 Å². The van der Waals surface area contributed by atoms with E-state index in [1.54, 1.807) is 31.5 Å². The molecule has 2 aromatic rings. The Bertz CT molecular complexity index is 1560. The van der Waals surface area contributed by atoms with Crippen molar-refractivity contribution >= 4 is 45.9 Å². The smallest absolute Gasteiger partial charge is 0.255 e. The number of aliphatic hydroxyl groups is 3. The molecule has 4 atom stereocenters. The van der Waals surface area contributed by atoms with Gasteiger partial charge in [0.1, 0.15) is 22.8 Å². The van der Waals surface area contributed by atoms with E-state index in [1.807, 2.05) is 38.1 Å². The maximum atomic E-state index is 14.1. The van der Waals surface area contributed by atoms with Crippen LogP contribution < -0.4 is 16.0 Å². The van der Waals surface area contributed by atoms with Gasteiger partial charge in [0, 0.05) is 47.6 Å². The third-order valence-electron chi connectivity index (χ3n) is 8.43. The number of carbonyl (C=O) groups is 3. The molecule has 41 heavy (non-hydrogen) atoms. The summed E-state index contributed by atoms with van der Waals surface area (Å²) in [6, 6.07) is 4.64. The van der Waals surface area contributed by atoms with Gasteiger partial charge in [-0.1, -0.05) is 0 Å². The van der Waals surface area contributed by atoms with Crippen LogP contribution in [0.2, 0.25) is 0 Å². The molecule has 11 nitrogen and oxygen atoms in total. The van der Waals surface area contributed by atoms with Gasteiger partial charge in [-0.15, -0.1) is 11.3 Å². The highest BCUT2D eigenvalue weighted by atomic mass is 32.1. The van der Waals surface area contributed by atoms with Crippen molar-refractivity contribution < 1.29 is 34.8 Å². The molecule has 4 unspecified atom stereocenters. The van der Waals surface area contributed by atoms with Gasteiger partial charge in [0.2, 0.25) is 5.78 Å². The minimum absolute atomic E-state index is 0.0388. The van der Waals surface area contributed by atoms with E-state index in [4.69, 9.17) is 5.73 Å². The average molecular weight is 583 g/mol. The third kappa shape index (κ3) is 4.20. The molecule has 7 N–H and O–H groups in total. The number of anilines is 2. The maximum Gasteiger partial charge on any atom is 0.255 e. The Kier molecular flexibility index (Phi) is 6.91. The first-order valence-electron chi connectivity index (χ1n) is 13.2. The Hall–Kier alpha value is -3.87. The van der Waals surface area contributed by atoms with Crippen LogP contribution in [0.1, 0.15) is 27.3 Å². The van der Waals surface area contributed by atoms with Crippen molar-refractivity contribution in [2.45, 2.75) is 38.0 Å². The van der Waals surface area contributed by atoms with Gasteiger partial charge >= 0.3 is 0 Å². The number of amides is 1. The number of likely N-dealkylation sites (N-methyl/N-ethyl adjacent to an activating group) is 1. The number of aryl methyl sites for hydroxylation is 1. The number of thiophene rings is 1. The van der Waals surface area contributed by atoms with Crippen LogP contribution in [0, 0.1) is 18.8 Å². The van der Waals surface area contributed by atoms with E-state index in [2.05, 4.69) is 5.32 Å². The predicted molar refractivity (Wildman–Crippen MR) is 155 cm³/mol. The van der Waals surface area contributed by atoms with Crippen molar-refractivity contribution in [1.82, 2.24) is 4.90 Å². The number of fused-ring (bicyclic) bond motifs is 3. The topological polar surface area (TPSA) is 177 Å². The van der Waals surface area contributed by atoms with Gasteiger partial charge in [-0.2, -0.15) is 0 Å². The highest BCUT2D eigenvalue weighted by Gasteiger charge is 2.64.